The zero-order valence-electron chi connectivity index (χ0n) is 10.00. The maximum atomic E-state index is 11.8. The van der Waals surface area contributed by atoms with Crippen molar-refractivity contribution in [2.75, 3.05) is 0 Å². The van der Waals surface area contributed by atoms with Gasteiger partial charge in [0, 0.05) is 12.4 Å². The van der Waals surface area contributed by atoms with E-state index in [4.69, 9.17) is 0 Å². The van der Waals surface area contributed by atoms with Crippen molar-refractivity contribution < 1.29 is 0 Å². The average molecular weight is 236 g/mol. The first-order chi connectivity index (χ1) is 8.74. The fraction of sp³-hybridized carbons (Fsp3) is 0.0667. The van der Waals surface area contributed by atoms with Crippen molar-refractivity contribution in [3.8, 4) is 5.69 Å². The Balaban J connectivity index is 2.25. The summed E-state index contributed by atoms with van der Waals surface area (Å²) in [5.41, 5.74) is 1.55. The van der Waals surface area contributed by atoms with Crippen LogP contribution in [0.25, 0.3) is 16.5 Å². The zero-order chi connectivity index (χ0) is 12.5. The highest BCUT2D eigenvalue weighted by Gasteiger charge is 2.02. The van der Waals surface area contributed by atoms with Gasteiger partial charge in [-0.05, 0) is 35.4 Å². The largest absolute Gasteiger partial charge is 0.352 e. The van der Waals surface area contributed by atoms with E-state index >= 15 is 0 Å². The minimum absolute atomic E-state index is 0.254. The van der Waals surface area contributed by atoms with Gasteiger partial charge in [-0.15, -0.1) is 0 Å². The number of hydrogen-bond acceptors (Lipinski definition) is 2. The Labute approximate surface area is 104 Å². The van der Waals surface area contributed by atoms with Crippen LogP contribution in [0.1, 0.15) is 5.56 Å². The van der Waals surface area contributed by atoms with Gasteiger partial charge in [0.2, 0.25) is 0 Å². The number of rotatable bonds is 1. The molecule has 2 aromatic carbocycles. The molecule has 18 heavy (non-hydrogen) atoms. The van der Waals surface area contributed by atoms with E-state index in [1.165, 1.54) is 0 Å². The second-order valence-corrected chi connectivity index (χ2v) is 4.32. The summed E-state index contributed by atoms with van der Waals surface area (Å²) in [6.07, 6.45) is 3.39. The van der Waals surface area contributed by atoms with Crippen molar-refractivity contribution in [2.45, 2.75) is 6.92 Å². The van der Waals surface area contributed by atoms with Gasteiger partial charge in [0.05, 0.1) is 5.69 Å². The summed E-state index contributed by atoms with van der Waals surface area (Å²) in [7, 11) is 0. The van der Waals surface area contributed by atoms with E-state index < -0.39 is 0 Å². The van der Waals surface area contributed by atoms with E-state index in [9.17, 15) is 4.79 Å². The van der Waals surface area contributed by atoms with Gasteiger partial charge in [0.15, 0.2) is 0 Å². The van der Waals surface area contributed by atoms with Crippen LogP contribution < -0.4 is 5.69 Å². The third-order valence-corrected chi connectivity index (χ3v) is 2.93. The van der Waals surface area contributed by atoms with Gasteiger partial charge in [0.1, 0.15) is 0 Å². The molecule has 3 aromatic rings. The molecule has 0 radical (unpaired) electrons. The number of hydrogen-bond donors (Lipinski definition) is 0. The maximum absolute atomic E-state index is 11.8. The number of fused-ring (bicyclic) bond motifs is 1. The molecule has 0 spiro atoms. The second kappa shape index (κ2) is 4.11. The van der Waals surface area contributed by atoms with Crippen molar-refractivity contribution in [3.05, 3.63) is 70.9 Å². The first kappa shape index (κ1) is 10.7. The van der Waals surface area contributed by atoms with E-state index in [0.29, 0.717) is 0 Å². The summed E-state index contributed by atoms with van der Waals surface area (Å²) in [6, 6.07) is 14.0. The van der Waals surface area contributed by atoms with Crippen molar-refractivity contribution in [1.82, 2.24) is 9.55 Å². The third kappa shape index (κ3) is 1.80. The summed E-state index contributed by atoms with van der Waals surface area (Å²) in [5, 5.41) is 2.28. The van der Waals surface area contributed by atoms with Crippen LogP contribution in [-0.4, -0.2) is 9.55 Å². The normalized spacial score (nSPS) is 10.7. The topological polar surface area (TPSA) is 34.9 Å². The predicted octanol–water partition coefficient (Wildman–Crippen LogP) is 2.69. The molecule has 3 rings (SSSR count). The van der Waals surface area contributed by atoms with Gasteiger partial charge >= 0.3 is 5.69 Å². The first-order valence-corrected chi connectivity index (χ1v) is 5.78. The van der Waals surface area contributed by atoms with Crippen LogP contribution in [0.4, 0.5) is 0 Å². The monoisotopic (exact) mass is 236 g/mol. The van der Waals surface area contributed by atoms with E-state index in [-0.39, 0.29) is 5.69 Å². The highest BCUT2D eigenvalue weighted by atomic mass is 16.1. The fourth-order valence-corrected chi connectivity index (χ4v) is 2.02. The van der Waals surface area contributed by atoms with Crippen LogP contribution in [0.5, 0.6) is 0 Å². The summed E-state index contributed by atoms with van der Waals surface area (Å²) in [5.74, 6) is 0. The van der Waals surface area contributed by atoms with Crippen molar-refractivity contribution >= 4 is 10.8 Å². The van der Waals surface area contributed by atoms with Crippen LogP contribution in [0, 0.1) is 6.92 Å². The lowest BCUT2D eigenvalue weighted by atomic mass is 10.1. The van der Waals surface area contributed by atoms with Gasteiger partial charge in [-0.3, -0.25) is 4.57 Å². The molecule has 0 atom stereocenters. The molecule has 0 unspecified atom stereocenters. The van der Waals surface area contributed by atoms with Crippen LogP contribution in [0.3, 0.4) is 0 Å². The van der Waals surface area contributed by atoms with Crippen LogP contribution in [-0.2, 0) is 0 Å². The number of aromatic nitrogens is 2. The van der Waals surface area contributed by atoms with E-state index in [1.54, 1.807) is 17.0 Å². The van der Waals surface area contributed by atoms with E-state index in [1.807, 2.05) is 43.3 Å². The Kier molecular flexibility index (Phi) is 2.45. The summed E-state index contributed by atoms with van der Waals surface area (Å²) < 4.78 is 1.57. The highest BCUT2D eigenvalue weighted by Crippen LogP contribution is 2.17. The van der Waals surface area contributed by atoms with E-state index in [0.717, 1.165) is 22.0 Å². The van der Waals surface area contributed by atoms with E-state index in [2.05, 4.69) is 11.1 Å². The average Bonchev–Trinajstić information content (AvgIpc) is 2.41. The Hall–Kier alpha value is -2.42. The minimum Gasteiger partial charge on any atom is -0.268 e. The van der Waals surface area contributed by atoms with Crippen molar-refractivity contribution in [3.63, 3.8) is 0 Å². The molecule has 0 aliphatic heterocycles. The summed E-state index contributed by atoms with van der Waals surface area (Å²) in [4.78, 5) is 15.6. The highest BCUT2D eigenvalue weighted by molar-refractivity contribution is 5.84. The summed E-state index contributed by atoms with van der Waals surface area (Å²) in [6.45, 7) is 1.92. The lowest BCUT2D eigenvalue weighted by Crippen LogP contribution is -2.20. The molecule has 3 nitrogen and oxygen atoms in total. The smallest absolute Gasteiger partial charge is 0.268 e. The number of nitrogens with zero attached hydrogens (tertiary/aromatic N) is 2. The molecule has 3 heteroatoms. The van der Waals surface area contributed by atoms with Crippen LogP contribution in [0.15, 0.2) is 59.7 Å². The lowest BCUT2D eigenvalue weighted by Gasteiger charge is -2.07. The second-order valence-electron chi connectivity index (χ2n) is 4.32. The molecule has 0 saturated heterocycles. The van der Waals surface area contributed by atoms with Gasteiger partial charge < -0.3 is 0 Å². The van der Waals surface area contributed by atoms with Crippen molar-refractivity contribution in [1.29, 1.82) is 0 Å². The molecule has 0 aliphatic rings. The molecule has 0 saturated carbocycles. The molecular formula is C15H12N2O. The first-order valence-electron chi connectivity index (χ1n) is 5.78. The molecule has 0 aliphatic carbocycles. The van der Waals surface area contributed by atoms with Gasteiger partial charge in [-0.1, -0.05) is 30.3 Å². The molecule has 1 heterocycles. The lowest BCUT2D eigenvalue weighted by molar-refractivity contribution is 0.901. The Morgan fingerprint density at radius 3 is 2.67 bits per heavy atom. The Morgan fingerprint density at radius 1 is 1.06 bits per heavy atom. The SMILES string of the molecule is Cc1cnc(=O)n(-c2ccc3ccccc3c2)c1. The number of aryl methyl sites for hydroxylation is 1. The third-order valence-electron chi connectivity index (χ3n) is 2.93. The predicted molar refractivity (Wildman–Crippen MR) is 72.1 cm³/mol. The molecule has 0 bridgehead atoms. The van der Waals surface area contributed by atoms with Crippen LogP contribution in [0.2, 0.25) is 0 Å². The van der Waals surface area contributed by atoms with Gasteiger partial charge in [-0.2, -0.15) is 0 Å². The van der Waals surface area contributed by atoms with Gasteiger partial charge in [-0.25, -0.2) is 9.78 Å². The molecule has 88 valence electrons. The fourth-order valence-electron chi connectivity index (χ4n) is 2.02. The molecule has 0 N–H and O–H groups in total. The van der Waals surface area contributed by atoms with Crippen molar-refractivity contribution in [2.24, 2.45) is 0 Å². The Morgan fingerprint density at radius 2 is 1.83 bits per heavy atom. The Bertz CT molecular complexity index is 775. The molecule has 0 amide bonds. The van der Waals surface area contributed by atoms with Gasteiger partial charge in [0.25, 0.3) is 0 Å². The zero-order valence-corrected chi connectivity index (χ0v) is 10.00. The number of benzene rings is 2. The minimum atomic E-state index is -0.254. The standard InChI is InChI=1S/C15H12N2O/c1-11-9-16-15(18)17(10-11)14-7-6-12-4-2-3-5-13(12)8-14/h2-10H,1H3. The van der Waals surface area contributed by atoms with Crippen LogP contribution >= 0.6 is 0 Å². The molecule has 0 fully saturated rings. The quantitative estimate of drug-likeness (QED) is 0.651. The molecule has 1 aromatic heterocycles. The molecular weight excluding hydrogens is 224 g/mol. The maximum Gasteiger partial charge on any atom is 0.352 e. The summed E-state index contributed by atoms with van der Waals surface area (Å²) >= 11 is 0.